The van der Waals surface area contributed by atoms with Gasteiger partial charge in [-0.15, -0.1) is 0 Å². The molecule has 0 aromatic carbocycles. The highest BCUT2D eigenvalue weighted by atomic mass is 16.4. The fourth-order valence-electron chi connectivity index (χ4n) is 2.18. The van der Waals surface area contributed by atoms with Gasteiger partial charge in [0.2, 0.25) is 5.91 Å². The average molecular weight is 295 g/mol. The number of carboxylic acid groups (broad SMARTS) is 1. The molecule has 1 heterocycles. The van der Waals surface area contributed by atoms with E-state index < -0.39 is 5.97 Å². The van der Waals surface area contributed by atoms with Crippen LogP contribution in [0.25, 0.3) is 0 Å². The molecule has 0 spiro atoms. The largest absolute Gasteiger partial charge is 0.478 e. The molecule has 21 heavy (non-hydrogen) atoms. The second-order valence-corrected chi connectivity index (χ2v) is 5.28. The van der Waals surface area contributed by atoms with Crippen LogP contribution >= 0.6 is 0 Å². The maximum absolute atomic E-state index is 11.7. The van der Waals surface area contributed by atoms with Gasteiger partial charge in [0.15, 0.2) is 0 Å². The molecular formula is C16H25NO4. The number of aryl methyl sites for hydroxylation is 1. The van der Waals surface area contributed by atoms with Gasteiger partial charge in [-0.2, -0.15) is 0 Å². The smallest absolute Gasteiger partial charge is 0.339 e. The quantitative estimate of drug-likeness (QED) is 0.646. The number of carbonyl (C=O) groups is 2. The molecule has 1 rings (SSSR count). The van der Waals surface area contributed by atoms with E-state index in [0.717, 1.165) is 12.8 Å². The van der Waals surface area contributed by atoms with Crippen LogP contribution in [0.1, 0.15) is 73.7 Å². The number of carbonyl (C=O) groups excluding carboxylic acids is 1. The van der Waals surface area contributed by atoms with Crippen molar-refractivity contribution >= 4 is 11.9 Å². The van der Waals surface area contributed by atoms with Crippen LogP contribution in [0.5, 0.6) is 0 Å². The predicted octanol–water partition coefficient (Wildman–Crippen LogP) is 3.65. The van der Waals surface area contributed by atoms with Gasteiger partial charge in [-0.3, -0.25) is 4.79 Å². The summed E-state index contributed by atoms with van der Waals surface area (Å²) in [5, 5.41) is 11.7. The Labute approximate surface area is 125 Å². The standard InChI is InChI=1S/C16H25NO4/c1-3-4-5-6-7-8-9-15(18)17-11-13-10-14(16(19)20)12(2)21-13/h10H,3-9,11H2,1-2H3,(H,17,18)(H,19,20). The van der Waals surface area contributed by atoms with Crippen molar-refractivity contribution in [2.75, 3.05) is 0 Å². The Morgan fingerprint density at radius 3 is 2.48 bits per heavy atom. The van der Waals surface area contributed by atoms with Crippen LogP contribution in [0.4, 0.5) is 0 Å². The van der Waals surface area contributed by atoms with Crippen molar-refractivity contribution in [2.24, 2.45) is 0 Å². The molecule has 0 saturated heterocycles. The van der Waals surface area contributed by atoms with Crippen molar-refractivity contribution < 1.29 is 19.1 Å². The van der Waals surface area contributed by atoms with E-state index in [4.69, 9.17) is 9.52 Å². The summed E-state index contributed by atoms with van der Waals surface area (Å²) in [6.07, 6.45) is 7.39. The number of unbranched alkanes of at least 4 members (excludes halogenated alkanes) is 5. The molecule has 1 aromatic heterocycles. The molecule has 0 fully saturated rings. The Bertz CT molecular complexity index is 465. The van der Waals surface area contributed by atoms with E-state index in [0.29, 0.717) is 17.9 Å². The molecule has 5 nitrogen and oxygen atoms in total. The van der Waals surface area contributed by atoms with Crippen LogP contribution < -0.4 is 5.32 Å². The highest BCUT2D eigenvalue weighted by Gasteiger charge is 2.13. The molecular weight excluding hydrogens is 270 g/mol. The van der Waals surface area contributed by atoms with Crippen molar-refractivity contribution in [1.82, 2.24) is 5.32 Å². The van der Waals surface area contributed by atoms with Gasteiger partial charge in [0, 0.05) is 6.42 Å². The molecule has 0 aliphatic carbocycles. The van der Waals surface area contributed by atoms with E-state index in [-0.39, 0.29) is 18.0 Å². The highest BCUT2D eigenvalue weighted by molar-refractivity contribution is 5.88. The van der Waals surface area contributed by atoms with E-state index in [2.05, 4.69) is 12.2 Å². The molecule has 1 aromatic rings. The number of nitrogens with one attached hydrogen (secondary N) is 1. The summed E-state index contributed by atoms with van der Waals surface area (Å²) in [5.74, 6) is -0.193. The normalized spacial score (nSPS) is 10.6. The first-order chi connectivity index (χ1) is 10.0. The van der Waals surface area contributed by atoms with Crippen LogP contribution in [-0.4, -0.2) is 17.0 Å². The summed E-state index contributed by atoms with van der Waals surface area (Å²) in [7, 11) is 0. The second-order valence-electron chi connectivity index (χ2n) is 5.28. The van der Waals surface area contributed by atoms with Gasteiger partial charge in [-0.25, -0.2) is 4.79 Å². The number of hydrogen-bond acceptors (Lipinski definition) is 3. The van der Waals surface area contributed by atoms with E-state index in [9.17, 15) is 9.59 Å². The van der Waals surface area contributed by atoms with Crippen LogP contribution in [0.2, 0.25) is 0 Å². The van der Waals surface area contributed by atoms with E-state index in [1.165, 1.54) is 31.7 Å². The summed E-state index contributed by atoms with van der Waals surface area (Å²) in [5.41, 5.74) is 0.148. The number of rotatable bonds is 10. The Kier molecular flexibility index (Phi) is 7.58. The molecule has 0 saturated carbocycles. The third kappa shape index (κ3) is 6.47. The van der Waals surface area contributed by atoms with Crippen molar-refractivity contribution in [3.8, 4) is 0 Å². The van der Waals surface area contributed by atoms with Crippen LogP contribution in [0, 0.1) is 6.92 Å². The van der Waals surface area contributed by atoms with Gasteiger partial charge in [-0.1, -0.05) is 39.0 Å². The molecule has 0 aliphatic heterocycles. The van der Waals surface area contributed by atoms with Crippen LogP contribution in [0.3, 0.4) is 0 Å². The molecule has 0 unspecified atom stereocenters. The summed E-state index contributed by atoms with van der Waals surface area (Å²) in [6.45, 7) is 4.02. The number of hydrogen-bond donors (Lipinski definition) is 2. The molecule has 0 radical (unpaired) electrons. The molecule has 0 atom stereocenters. The molecule has 118 valence electrons. The fraction of sp³-hybridized carbons (Fsp3) is 0.625. The van der Waals surface area contributed by atoms with Gasteiger partial charge in [-0.05, 0) is 19.4 Å². The predicted molar refractivity (Wildman–Crippen MR) is 80.2 cm³/mol. The molecule has 5 heteroatoms. The minimum absolute atomic E-state index is 0.0172. The first-order valence-corrected chi connectivity index (χ1v) is 7.64. The lowest BCUT2D eigenvalue weighted by Gasteiger charge is -2.03. The van der Waals surface area contributed by atoms with Gasteiger partial charge in [0.25, 0.3) is 0 Å². The van der Waals surface area contributed by atoms with Gasteiger partial charge in [0.1, 0.15) is 17.1 Å². The SMILES string of the molecule is CCCCCCCCC(=O)NCc1cc(C(=O)O)c(C)o1. The summed E-state index contributed by atoms with van der Waals surface area (Å²) in [6, 6.07) is 1.46. The zero-order valence-corrected chi connectivity index (χ0v) is 12.9. The van der Waals surface area contributed by atoms with Crippen LogP contribution in [0.15, 0.2) is 10.5 Å². The maximum Gasteiger partial charge on any atom is 0.339 e. The minimum Gasteiger partial charge on any atom is -0.478 e. The summed E-state index contributed by atoms with van der Waals surface area (Å²) >= 11 is 0. The Balaban J connectivity index is 2.21. The first kappa shape index (κ1) is 17.3. The van der Waals surface area contributed by atoms with E-state index >= 15 is 0 Å². The number of aromatic carboxylic acids is 1. The van der Waals surface area contributed by atoms with Crippen LogP contribution in [-0.2, 0) is 11.3 Å². The number of amides is 1. The van der Waals surface area contributed by atoms with Gasteiger partial charge in [0.05, 0.1) is 6.54 Å². The lowest BCUT2D eigenvalue weighted by Crippen LogP contribution is -2.22. The highest BCUT2D eigenvalue weighted by Crippen LogP contribution is 2.14. The average Bonchev–Trinajstić information content (AvgIpc) is 2.82. The fourth-order valence-corrected chi connectivity index (χ4v) is 2.18. The van der Waals surface area contributed by atoms with Crippen molar-refractivity contribution in [2.45, 2.75) is 65.3 Å². The van der Waals surface area contributed by atoms with E-state index in [1.807, 2.05) is 0 Å². The van der Waals surface area contributed by atoms with Crippen molar-refractivity contribution in [3.63, 3.8) is 0 Å². The Hall–Kier alpha value is -1.78. The van der Waals surface area contributed by atoms with Gasteiger partial charge < -0.3 is 14.8 Å². The lowest BCUT2D eigenvalue weighted by atomic mass is 10.1. The van der Waals surface area contributed by atoms with Gasteiger partial charge >= 0.3 is 5.97 Å². The maximum atomic E-state index is 11.7. The number of furan rings is 1. The molecule has 1 amide bonds. The number of carboxylic acids is 1. The summed E-state index contributed by atoms with van der Waals surface area (Å²) < 4.78 is 5.30. The molecule has 2 N–H and O–H groups in total. The minimum atomic E-state index is -1.01. The topological polar surface area (TPSA) is 79.5 Å². The zero-order valence-electron chi connectivity index (χ0n) is 12.9. The monoisotopic (exact) mass is 295 g/mol. The van der Waals surface area contributed by atoms with E-state index in [1.54, 1.807) is 6.92 Å². The molecule has 0 aliphatic rings. The second kappa shape index (κ2) is 9.21. The summed E-state index contributed by atoms with van der Waals surface area (Å²) in [4.78, 5) is 22.5. The Morgan fingerprint density at radius 2 is 1.86 bits per heavy atom. The zero-order chi connectivity index (χ0) is 15.7. The third-order valence-electron chi connectivity index (χ3n) is 3.42. The third-order valence-corrected chi connectivity index (χ3v) is 3.42. The first-order valence-electron chi connectivity index (χ1n) is 7.64. The molecule has 0 bridgehead atoms. The van der Waals surface area contributed by atoms with Crippen molar-refractivity contribution in [1.29, 1.82) is 0 Å². The Morgan fingerprint density at radius 1 is 1.19 bits per heavy atom. The lowest BCUT2D eigenvalue weighted by molar-refractivity contribution is -0.121. The van der Waals surface area contributed by atoms with Crippen molar-refractivity contribution in [3.05, 3.63) is 23.2 Å².